The maximum absolute atomic E-state index is 12.1. The smallest absolute Gasteiger partial charge is 0.244 e. The zero-order chi connectivity index (χ0) is 19.3. The molecule has 0 aliphatic carbocycles. The first kappa shape index (κ1) is 19.0. The molecular formula is C22H22ClN3OS. The van der Waals surface area contributed by atoms with Crippen molar-refractivity contribution < 1.29 is 4.79 Å². The van der Waals surface area contributed by atoms with E-state index >= 15 is 0 Å². The second kappa shape index (κ2) is 8.76. The number of piperidine rings is 1. The summed E-state index contributed by atoms with van der Waals surface area (Å²) in [5.74, 6) is 0.428. The Labute approximate surface area is 173 Å². The average Bonchev–Trinajstić information content (AvgIpc) is 3.16. The van der Waals surface area contributed by atoms with Crippen molar-refractivity contribution in [2.75, 3.05) is 24.5 Å². The molecule has 6 heteroatoms. The minimum absolute atomic E-state index is 0.0754. The van der Waals surface area contributed by atoms with Crippen LogP contribution in [0.1, 0.15) is 18.4 Å². The predicted molar refractivity (Wildman–Crippen MR) is 118 cm³/mol. The highest BCUT2D eigenvalue weighted by molar-refractivity contribution is 7.22. The van der Waals surface area contributed by atoms with E-state index in [1.54, 1.807) is 23.5 Å². The van der Waals surface area contributed by atoms with Gasteiger partial charge in [-0.1, -0.05) is 53.3 Å². The summed E-state index contributed by atoms with van der Waals surface area (Å²) in [4.78, 5) is 19.2. The quantitative estimate of drug-likeness (QED) is 0.601. The van der Waals surface area contributed by atoms with E-state index in [0.29, 0.717) is 17.5 Å². The lowest BCUT2D eigenvalue weighted by molar-refractivity contribution is -0.116. The number of nitrogens with zero attached hydrogens (tertiary/aromatic N) is 2. The topological polar surface area (TPSA) is 45.2 Å². The summed E-state index contributed by atoms with van der Waals surface area (Å²) in [5.41, 5.74) is 1.92. The van der Waals surface area contributed by atoms with Crippen LogP contribution in [0.2, 0.25) is 5.02 Å². The molecule has 28 heavy (non-hydrogen) atoms. The second-order valence-corrected chi connectivity index (χ2v) is 8.41. The first-order chi connectivity index (χ1) is 13.7. The van der Waals surface area contributed by atoms with Crippen LogP contribution < -0.4 is 10.2 Å². The number of carbonyl (C=O) groups is 1. The first-order valence-corrected chi connectivity index (χ1v) is 10.7. The van der Waals surface area contributed by atoms with Gasteiger partial charge in [0.25, 0.3) is 0 Å². The molecule has 144 valence electrons. The van der Waals surface area contributed by atoms with Crippen molar-refractivity contribution in [3.8, 4) is 0 Å². The second-order valence-electron chi connectivity index (χ2n) is 6.99. The number of hydrogen-bond acceptors (Lipinski definition) is 4. The van der Waals surface area contributed by atoms with E-state index in [0.717, 1.165) is 42.1 Å². The summed E-state index contributed by atoms with van der Waals surface area (Å²) >= 11 is 7.86. The Kier molecular flexibility index (Phi) is 5.93. The van der Waals surface area contributed by atoms with Crippen molar-refractivity contribution in [2.24, 2.45) is 5.92 Å². The molecule has 4 nitrogen and oxygen atoms in total. The molecule has 1 aliphatic heterocycles. The Morgan fingerprint density at radius 3 is 2.71 bits per heavy atom. The molecule has 0 bridgehead atoms. The summed E-state index contributed by atoms with van der Waals surface area (Å²) in [7, 11) is 0. The Bertz CT molecular complexity index is 959. The van der Waals surface area contributed by atoms with E-state index in [-0.39, 0.29) is 5.91 Å². The summed E-state index contributed by atoms with van der Waals surface area (Å²) in [5, 5.41) is 4.77. The monoisotopic (exact) mass is 411 g/mol. The molecule has 4 rings (SSSR count). The molecule has 3 aromatic rings. The third kappa shape index (κ3) is 4.54. The number of aromatic nitrogens is 1. The molecule has 2 aromatic carbocycles. The van der Waals surface area contributed by atoms with E-state index < -0.39 is 0 Å². The number of rotatable bonds is 5. The van der Waals surface area contributed by atoms with Crippen molar-refractivity contribution in [2.45, 2.75) is 12.8 Å². The number of hydrogen-bond donors (Lipinski definition) is 1. The normalized spacial score (nSPS) is 15.4. The van der Waals surface area contributed by atoms with Gasteiger partial charge in [0.2, 0.25) is 5.91 Å². The van der Waals surface area contributed by atoms with Crippen LogP contribution in [0.3, 0.4) is 0 Å². The molecule has 0 saturated carbocycles. The fraction of sp³-hybridized carbons (Fsp3) is 0.273. The Morgan fingerprint density at radius 1 is 1.18 bits per heavy atom. The Hall–Kier alpha value is -2.37. The lowest BCUT2D eigenvalue weighted by atomic mass is 9.97. The van der Waals surface area contributed by atoms with Gasteiger partial charge >= 0.3 is 0 Å². The summed E-state index contributed by atoms with van der Waals surface area (Å²) < 4.78 is 1.23. The number of thiazole rings is 1. The van der Waals surface area contributed by atoms with Crippen LogP contribution in [0.15, 0.2) is 54.6 Å². The lowest BCUT2D eigenvalue weighted by Gasteiger charge is -2.31. The van der Waals surface area contributed by atoms with Gasteiger partial charge in [-0.3, -0.25) is 4.79 Å². The van der Waals surface area contributed by atoms with Crippen molar-refractivity contribution in [3.05, 3.63) is 65.2 Å². The zero-order valence-corrected chi connectivity index (χ0v) is 17.0. The van der Waals surface area contributed by atoms with Gasteiger partial charge in [0.15, 0.2) is 5.13 Å². The number of anilines is 1. The molecule has 0 unspecified atom stereocenters. The van der Waals surface area contributed by atoms with Gasteiger partial charge in [-0.05, 0) is 48.6 Å². The number of carbonyl (C=O) groups excluding carboxylic acids is 1. The molecule has 1 N–H and O–H groups in total. The number of halogens is 1. The molecule has 1 aromatic heterocycles. The van der Waals surface area contributed by atoms with Crippen molar-refractivity contribution in [1.82, 2.24) is 10.3 Å². The van der Waals surface area contributed by atoms with E-state index in [9.17, 15) is 4.79 Å². The first-order valence-electron chi connectivity index (χ1n) is 9.50. The number of fused-ring (bicyclic) bond motifs is 1. The van der Waals surface area contributed by atoms with Gasteiger partial charge in [-0.15, -0.1) is 0 Å². The maximum Gasteiger partial charge on any atom is 0.244 e. The molecule has 1 fully saturated rings. The molecular weight excluding hydrogens is 390 g/mol. The van der Waals surface area contributed by atoms with Gasteiger partial charge in [-0.25, -0.2) is 4.98 Å². The van der Waals surface area contributed by atoms with E-state index in [1.807, 2.05) is 30.3 Å². The van der Waals surface area contributed by atoms with E-state index in [2.05, 4.69) is 28.4 Å². The molecule has 1 amide bonds. The highest BCUT2D eigenvalue weighted by Gasteiger charge is 2.21. The highest BCUT2D eigenvalue weighted by Crippen LogP contribution is 2.31. The summed E-state index contributed by atoms with van der Waals surface area (Å²) in [6.07, 6.45) is 5.43. The number of amides is 1. The van der Waals surface area contributed by atoms with Gasteiger partial charge in [-0.2, -0.15) is 0 Å². The number of para-hydroxylation sites is 1. The van der Waals surface area contributed by atoms with Gasteiger partial charge in [0.05, 0.1) is 10.2 Å². The Balaban J connectivity index is 1.25. The average molecular weight is 412 g/mol. The molecule has 0 radical (unpaired) electrons. The van der Waals surface area contributed by atoms with Crippen molar-refractivity contribution in [3.63, 3.8) is 0 Å². The molecule has 0 spiro atoms. The van der Waals surface area contributed by atoms with Gasteiger partial charge < -0.3 is 10.2 Å². The standard InChI is InChI=1S/C22H22ClN3OS/c23-18-6-2-1-5-17(18)9-10-21(27)24-15-16-11-13-26(14-12-16)22-25-19-7-3-4-8-20(19)28-22/h1-10,16H,11-15H2,(H,24,27)/b10-9+. The molecule has 1 aliphatic rings. The fourth-order valence-corrected chi connectivity index (χ4v) is 4.62. The predicted octanol–water partition coefficient (Wildman–Crippen LogP) is 5.00. The van der Waals surface area contributed by atoms with Crippen LogP contribution in [-0.2, 0) is 4.79 Å². The highest BCUT2D eigenvalue weighted by atomic mass is 35.5. The van der Waals surface area contributed by atoms with E-state index in [1.165, 1.54) is 4.70 Å². The van der Waals surface area contributed by atoms with Crippen LogP contribution in [0.25, 0.3) is 16.3 Å². The van der Waals surface area contributed by atoms with Crippen LogP contribution in [-0.4, -0.2) is 30.5 Å². The Morgan fingerprint density at radius 2 is 1.93 bits per heavy atom. The largest absolute Gasteiger partial charge is 0.352 e. The summed E-state index contributed by atoms with van der Waals surface area (Å²) in [6.45, 7) is 2.67. The SMILES string of the molecule is O=C(/C=C/c1ccccc1Cl)NCC1CCN(c2nc3ccccc3s2)CC1. The van der Waals surface area contributed by atoms with Crippen LogP contribution in [0, 0.1) is 5.92 Å². The number of nitrogens with one attached hydrogen (secondary N) is 1. The lowest BCUT2D eigenvalue weighted by Crippen LogP contribution is -2.38. The van der Waals surface area contributed by atoms with E-state index in [4.69, 9.17) is 16.6 Å². The third-order valence-corrected chi connectivity index (χ3v) is 6.49. The van der Waals surface area contributed by atoms with Crippen molar-refractivity contribution >= 4 is 50.3 Å². The minimum Gasteiger partial charge on any atom is -0.352 e. The van der Waals surface area contributed by atoms with Gasteiger partial charge in [0, 0.05) is 30.7 Å². The molecule has 1 saturated heterocycles. The van der Waals surface area contributed by atoms with Gasteiger partial charge in [0.1, 0.15) is 0 Å². The van der Waals surface area contributed by atoms with Crippen LogP contribution in [0.4, 0.5) is 5.13 Å². The summed E-state index contributed by atoms with van der Waals surface area (Å²) in [6, 6.07) is 15.8. The van der Waals surface area contributed by atoms with Crippen LogP contribution in [0.5, 0.6) is 0 Å². The van der Waals surface area contributed by atoms with Crippen LogP contribution >= 0.6 is 22.9 Å². The third-order valence-electron chi connectivity index (χ3n) is 5.05. The zero-order valence-electron chi connectivity index (χ0n) is 15.5. The number of benzene rings is 2. The minimum atomic E-state index is -0.0754. The fourth-order valence-electron chi connectivity index (χ4n) is 3.40. The van der Waals surface area contributed by atoms with Crippen molar-refractivity contribution in [1.29, 1.82) is 0 Å². The molecule has 2 heterocycles. The maximum atomic E-state index is 12.1. The molecule has 0 atom stereocenters.